The monoisotopic (exact) mass is 266 g/mol. The Morgan fingerprint density at radius 2 is 2.11 bits per heavy atom. The lowest BCUT2D eigenvalue weighted by Gasteiger charge is -2.22. The molecule has 2 rings (SSSR count). The number of hydrogen-bond acceptors (Lipinski definition) is 3. The van der Waals surface area contributed by atoms with Gasteiger partial charge in [-0.2, -0.15) is 0 Å². The van der Waals surface area contributed by atoms with Gasteiger partial charge in [0.05, 0.1) is 18.3 Å². The summed E-state index contributed by atoms with van der Waals surface area (Å²) in [7, 11) is 0. The third-order valence-corrected chi connectivity index (χ3v) is 3.49. The maximum atomic E-state index is 14.1. The van der Waals surface area contributed by atoms with Gasteiger partial charge in [0.15, 0.2) is 5.84 Å². The third kappa shape index (κ3) is 3.44. The summed E-state index contributed by atoms with van der Waals surface area (Å²) >= 11 is 0. The molecule has 1 aromatic rings. The number of amidine groups is 1. The van der Waals surface area contributed by atoms with Gasteiger partial charge in [-0.25, -0.2) is 4.39 Å². The summed E-state index contributed by atoms with van der Waals surface area (Å²) in [6.45, 7) is 0.225. The lowest BCUT2D eigenvalue weighted by Crippen LogP contribution is -2.18. The van der Waals surface area contributed by atoms with E-state index in [4.69, 9.17) is 15.7 Å². The van der Waals surface area contributed by atoms with Gasteiger partial charge in [-0.1, -0.05) is 36.6 Å². The molecule has 5 heteroatoms. The highest BCUT2D eigenvalue weighted by molar-refractivity contribution is 5.97. The van der Waals surface area contributed by atoms with Gasteiger partial charge in [-0.05, 0) is 18.9 Å². The zero-order chi connectivity index (χ0) is 13.7. The van der Waals surface area contributed by atoms with Crippen LogP contribution in [-0.4, -0.2) is 17.1 Å². The molecule has 3 N–H and O–H groups in total. The summed E-state index contributed by atoms with van der Waals surface area (Å²) < 4.78 is 19.8. The average molecular weight is 266 g/mol. The Bertz CT molecular complexity index is 457. The first kappa shape index (κ1) is 13.8. The van der Waals surface area contributed by atoms with Crippen LogP contribution in [0.15, 0.2) is 23.4 Å². The van der Waals surface area contributed by atoms with Crippen molar-refractivity contribution < 1.29 is 14.3 Å². The van der Waals surface area contributed by atoms with E-state index >= 15 is 0 Å². The van der Waals surface area contributed by atoms with Crippen molar-refractivity contribution in [2.45, 2.75) is 44.8 Å². The number of halogens is 1. The molecular weight excluding hydrogens is 247 g/mol. The van der Waals surface area contributed by atoms with Crippen LogP contribution in [0.25, 0.3) is 0 Å². The number of oxime groups is 1. The van der Waals surface area contributed by atoms with E-state index in [0.29, 0.717) is 5.56 Å². The molecule has 1 saturated carbocycles. The molecule has 0 saturated heterocycles. The molecule has 1 aromatic carbocycles. The van der Waals surface area contributed by atoms with E-state index in [1.807, 2.05) is 0 Å². The number of ether oxygens (including phenoxy) is 1. The standard InChI is InChI=1S/C14H19FN2O2/c15-13-10(5-4-8-12(13)14(16)17-18)9-19-11-6-2-1-3-7-11/h4-5,8,11,18H,1-3,6-7,9H2,(H2,16,17). The first-order chi connectivity index (χ1) is 9.22. The minimum absolute atomic E-state index is 0.104. The predicted molar refractivity (Wildman–Crippen MR) is 70.6 cm³/mol. The molecule has 4 nitrogen and oxygen atoms in total. The minimum atomic E-state index is -0.478. The molecule has 19 heavy (non-hydrogen) atoms. The smallest absolute Gasteiger partial charge is 0.173 e. The van der Waals surface area contributed by atoms with Crippen molar-refractivity contribution in [1.82, 2.24) is 0 Å². The number of nitrogens with zero attached hydrogens (tertiary/aromatic N) is 1. The largest absolute Gasteiger partial charge is 0.409 e. The van der Waals surface area contributed by atoms with E-state index in [2.05, 4.69) is 5.16 Å². The number of rotatable bonds is 4. The van der Waals surface area contributed by atoms with E-state index in [1.165, 1.54) is 25.3 Å². The van der Waals surface area contributed by atoms with E-state index in [0.717, 1.165) is 12.8 Å². The summed E-state index contributed by atoms with van der Waals surface area (Å²) in [5.74, 6) is -0.703. The predicted octanol–water partition coefficient (Wildman–Crippen LogP) is 2.77. The Labute approximate surface area is 112 Å². The summed E-state index contributed by atoms with van der Waals surface area (Å²) in [6.07, 6.45) is 5.92. The van der Waals surface area contributed by atoms with Gasteiger partial charge < -0.3 is 15.7 Å². The fraction of sp³-hybridized carbons (Fsp3) is 0.500. The molecule has 0 heterocycles. The minimum Gasteiger partial charge on any atom is -0.409 e. The van der Waals surface area contributed by atoms with E-state index in [1.54, 1.807) is 12.1 Å². The molecule has 1 aliphatic rings. The van der Waals surface area contributed by atoms with Crippen LogP contribution in [0.5, 0.6) is 0 Å². The van der Waals surface area contributed by atoms with Crippen LogP contribution in [0.2, 0.25) is 0 Å². The van der Waals surface area contributed by atoms with Crippen molar-refractivity contribution in [3.8, 4) is 0 Å². The quantitative estimate of drug-likeness (QED) is 0.381. The first-order valence-electron chi connectivity index (χ1n) is 6.59. The van der Waals surface area contributed by atoms with Gasteiger partial charge in [-0.3, -0.25) is 0 Å². The van der Waals surface area contributed by atoms with Crippen molar-refractivity contribution in [2.75, 3.05) is 0 Å². The Morgan fingerprint density at radius 3 is 2.79 bits per heavy atom. The normalized spacial score (nSPS) is 17.6. The molecule has 0 amide bonds. The molecule has 0 unspecified atom stereocenters. The molecule has 0 spiro atoms. The highest BCUT2D eigenvalue weighted by Gasteiger charge is 2.16. The van der Waals surface area contributed by atoms with E-state index < -0.39 is 5.82 Å². The Hall–Kier alpha value is -1.62. The highest BCUT2D eigenvalue weighted by Crippen LogP contribution is 2.22. The van der Waals surface area contributed by atoms with Crippen molar-refractivity contribution in [3.63, 3.8) is 0 Å². The first-order valence-corrected chi connectivity index (χ1v) is 6.59. The maximum Gasteiger partial charge on any atom is 0.173 e. The van der Waals surface area contributed by atoms with Crippen LogP contribution >= 0.6 is 0 Å². The van der Waals surface area contributed by atoms with E-state index in [9.17, 15) is 4.39 Å². The fourth-order valence-electron chi connectivity index (χ4n) is 2.38. The van der Waals surface area contributed by atoms with Crippen molar-refractivity contribution in [2.24, 2.45) is 10.9 Å². The molecule has 0 radical (unpaired) electrons. The molecule has 0 atom stereocenters. The highest BCUT2D eigenvalue weighted by atomic mass is 19.1. The lowest BCUT2D eigenvalue weighted by molar-refractivity contribution is 0.0156. The zero-order valence-electron chi connectivity index (χ0n) is 10.8. The van der Waals surface area contributed by atoms with Crippen LogP contribution < -0.4 is 5.73 Å². The second-order valence-corrected chi connectivity index (χ2v) is 4.83. The summed E-state index contributed by atoms with van der Waals surface area (Å²) in [4.78, 5) is 0. The molecule has 0 aromatic heterocycles. The van der Waals surface area contributed by atoms with Crippen molar-refractivity contribution >= 4 is 5.84 Å². The topological polar surface area (TPSA) is 67.8 Å². The zero-order valence-corrected chi connectivity index (χ0v) is 10.8. The SMILES string of the molecule is N/C(=N/O)c1cccc(COC2CCCCC2)c1F. The van der Waals surface area contributed by atoms with Crippen molar-refractivity contribution in [3.05, 3.63) is 35.1 Å². The number of hydrogen-bond donors (Lipinski definition) is 2. The molecule has 0 bridgehead atoms. The molecular formula is C14H19FN2O2. The van der Waals surface area contributed by atoms with Gasteiger partial charge in [-0.15, -0.1) is 0 Å². The number of benzene rings is 1. The molecule has 1 fully saturated rings. The van der Waals surface area contributed by atoms with Gasteiger partial charge in [0, 0.05) is 5.56 Å². The van der Waals surface area contributed by atoms with Crippen molar-refractivity contribution in [1.29, 1.82) is 0 Å². The average Bonchev–Trinajstić information content (AvgIpc) is 2.46. The van der Waals surface area contributed by atoms with Gasteiger partial charge >= 0.3 is 0 Å². The second-order valence-electron chi connectivity index (χ2n) is 4.83. The van der Waals surface area contributed by atoms with Crippen LogP contribution in [0.3, 0.4) is 0 Å². The fourth-order valence-corrected chi connectivity index (χ4v) is 2.38. The number of nitrogens with two attached hydrogens (primary N) is 1. The van der Waals surface area contributed by atoms with Crippen LogP contribution in [0.4, 0.5) is 4.39 Å². The van der Waals surface area contributed by atoms with Gasteiger partial charge in [0.1, 0.15) is 5.82 Å². The van der Waals surface area contributed by atoms with Gasteiger partial charge in [0.2, 0.25) is 0 Å². The Kier molecular flexibility index (Phi) is 4.74. The molecule has 1 aliphatic carbocycles. The summed E-state index contributed by atoms with van der Waals surface area (Å²) in [5.41, 5.74) is 5.97. The summed E-state index contributed by atoms with van der Waals surface area (Å²) in [6, 6.07) is 4.82. The maximum absolute atomic E-state index is 14.1. The molecule has 0 aliphatic heterocycles. The second kappa shape index (κ2) is 6.52. The van der Waals surface area contributed by atoms with E-state index in [-0.39, 0.29) is 24.1 Å². The van der Waals surface area contributed by atoms with Crippen LogP contribution in [-0.2, 0) is 11.3 Å². The van der Waals surface area contributed by atoms with Crippen LogP contribution in [0.1, 0.15) is 43.2 Å². The Balaban J connectivity index is 2.04. The third-order valence-electron chi connectivity index (χ3n) is 3.49. The van der Waals surface area contributed by atoms with Crippen LogP contribution in [0, 0.1) is 5.82 Å². The lowest BCUT2D eigenvalue weighted by atomic mass is 9.98. The molecule has 104 valence electrons. The van der Waals surface area contributed by atoms with Gasteiger partial charge in [0.25, 0.3) is 0 Å². The summed E-state index contributed by atoms with van der Waals surface area (Å²) in [5, 5.41) is 11.4. The Morgan fingerprint density at radius 1 is 1.37 bits per heavy atom.